The zero-order valence-corrected chi connectivity index (χ0v) is 9.70. The van der Waals surface area contributed by atoms with E-state index in [1.165, 1.54) is 12.0 Å². The van der Waals surface area contributed by atoms with Crippen LogP contribution in [0.1, 0.15) is 30.4 Å². The van der Waals surface area contributed by atoms with Gasteiger partial charge < -0.3 is 15.6 Å². The lowest BCUT2D eigenvalue weighted by atomic mass is 9.64. The molecule has 1 saturated carbocycles. The molecule has 1 fully saturated rings. The summed E-state index contributed by atoms with van der Waals surface area (Å²) in [6, 6.07) is 5.85. The third kappa shape index (κ3) is 1.81. The average molecular weight is 221 g/mol. The van der Waals surface area contributed by atoms with Crippen LogP contribution in [0, 0.1) is 0 Å². The highest BCUT2D eigenvalue weighted by atomic mass is 16.5. The Morgan fingerprint density at radius 2 is 2.19 bits per heavy atom. The number of ether oxygens (including phenoxy) is 1. The van der Waals surface area contributed by atoms with E-state index in [1.807, 2.05) is 12.1 Å². The number of phenols is 1. The predicted octanol–water partition coefficient (Wildman–Crippen LogP) is 1.92. The maximum atomic E-state index is 9.88. The first-order valence-electron chi connectivity index (χ1n) is 5.73. The second kappa shape index (κ2) is 4.44. The van der Waals surface area contributed by atoms with E-state index in [4.69, 9.17) is 10.5 Å². The Morgan fingerprint density at radius 3 is 2.62 bits per heavy atom. The Bertz CT molecular complexity index is 367. The summed E-state index contributed by atoms with van der Waals surface area (Å²) in [4.78, 5) is 0. The second-order valence-corrected chi connectivity index (χ2v) is 4.61. The van der Waals surface area contributed by atoms with Crippen LogP contribution in [0.5, 0.6) is 5.75 Å². The Balaban J connectivity index is 2.26. The van der Waals surface area contributed by atoms with Crippen LogP contribution in [0.4, 0.5) is 0 Å². The van der Waals surface area contributed by atoms with Gasteiger partial charge in [-0.1, -0.05) is 18.6 Å². The third-order valence-corrected chi connectivity index (χ3v) is 3.70. The molecule has 88 valence electrons. The average Bonchev–Trinajstić information content (AvgIpc) is 2.21. The minimum Gasteiger partial charge on any atom is -0.508 e. The molecule has 0 atom stereocenters. The highest BCUT2D eigenvalue weighted by molar-refractivity contribution is 5.40. The standard InChI is InChI=1S/C13H19NO2/c1-16-8-10-3-4-11(7-12(10)15)13(9-14)5-2-6-13/h3-4,7,15H,2,5-6,8-9,14H2,1H3. The quantitative estimate of drug-likeness (QED) is 0.816. The van der Waals surface area contributed by atoms with Gasteiger partial charge >= 0.3 is 0 Å². The Hall–Kier alpha value is -1.06. The van der Waals surface area contributed by atoms with Gasteiger partial charge in [0, 0.05) is 24.6 Å². The smallest absolute Gasteiger partial charge is 0.121 e. The van der Waals surface area contributed by atoms with Gasteiger partial charge in [0.1, 0.15) is 5.75 Å². The molecule has 1 aliphatic rings. The van der Waals surface area contributed by atoms with Crippen molar-refractivity contribution in [3.63, 3.8) is 0 Å². The van der Waals surface area contributed by atoms with Crippen molar-refractivity contribution >= 4 is 0 Å². The Labute approximate surface area is 96.2 Å². The topological polar surface area (TPSA) is 55.5 Å². The highest BCUT2D eigenvalue weighted by Crippen LogP contribution is 2.43. The zero-order valence-electron chi connectivity index (χ0n) is 9.70. The second-order valence-electron chi connectivity index (χ2n) is 4.61. The summed E-state index contributed by atoms with van der Waals surface area (Å²) in [5, 5.41) is 9.88. The van der Waals surface area contributed by atoms with Crippen molar-refractivity contribution in [2.75, 3.05) is 13.7 Å². The van der Waals surface area contributed by atoms with E-state index < -0.39 is 0 Å². The molecule has 0 radical (unpaired) electrons. The molecule has 1 aromatic carbocycles. The van der Waals surface area contributed by atoms with Gasteiger partial charge in [-0.25, -0.2) is 0 Å². The van der Waals surface area contributed by atoms with Crippen molar-refractivity contribution in [1.82, 2.24) is 0 Å². The molecule has 16 heavy (non-hydrogen) atoms. The van der Waals surface area contributed by atoms with E-state index in [-0.39, 0.29) is 5.41 Å². The van der Waals surface area contributed by atoms with Crippen LogP contribution < -0.4 is 5.73 Å². The van der Waals surface area contributed by atoms with Crippen LogP contribution in [0.15, 0.2) is 18.2 Å². The largest absolute Gasteiger partial charge is 0.508 e. The molecule has 0 aromatic heterocycles. The van der Waals surface area contributed by atoms with Crippen molar-refractivity contribution in [3.05, 3.63) is 29.3 Å². The van der Waals surface area contributed by atoms with Crippen LogP contribution in [0.2, 0.25) is 0 Å². The van der Waals surface area contributed by atoms with E-state index >= 15 is 0 Å². The van der Waals surface area contributed by atoms with Gasteiger partial charge in [0.2, 0.25) is 0 Å². The SMILES string of the molecule is COCc1ccc(C2(CN)CCC2)cc1O. The summed E-state index contributed by atoms with van der Waals surface area (Å²) in [7, 11) is 1.63. The van der Waals surface area contributed by atoms with E-state index in [9.17, 15) is 5.11 Å². The number of benzene rings is 1. The van der Waals surface area contributed by atoms with Crippen LogP contribution in [-0.4, -0.2) is 18.8 Å². The molecule has 0 bridgehead atoms. The molecule has 1 aromatic rings. The number of rotatable bonds is 4. The van der Waals surface area contributed by atoms with Crippen LogP contribution in [-0.2, 0) is 16.8 Å². The molecule has 3 heteroatoms. The van der Waals surface area contributed by atoms with Crippen LogP contribution >= 0.6 is 0 Å². The minimum atomic E-state index is 0.114. The highest BCUT2D eigenvalue weighted by Gasteiger charge is 2.37. The molecule has 3 N–H and O–H groups in total. The van der Waals surface area contributed by atoms with Gasteiger partial charge in [0.05, 0.1) is 6.61 Å². The van der Waals surface area contributed by atoms with Gasteiger partial charge in [0.25, 0.3) is 0 Å². The number of hydrogen-bond donors (Lipinski definition) is 2. The van der Waals surface area contributed by atoms with E-state index in [2.05, 4.69) is 6.07 Å². The Kier molecular flexibility index (Phi) is 3.17. The fourth-order valence-electron chi connectivity index (χ4n) is 2.39. The van der Waals surface area contributed by atoms with Crippen LogP contribution in [0.25, 0.3) is 0 Å². The molecule has 0 saturated heterocycles. The fraction of sp³-hybridized carbons (Fsp3) is 0.538. The molecule has 3 nitrogen and oxygen atoms in total. The van der Waals surface area contributed by atoms with E-state index in [0.717, 1.165) is 18.4 Å². The number of phenolic OH excluding ortho intramolecular Hbond substituents is 1. The first kappa shape index (κ1) is 11.4. The van der Waals surface area contributed by atoms with Gasteiger partial charge in [-0.3, -0.25) is 0 Å². The number of methoxy groups -OCH3 is 1. The summed E-state index contributed by atoms with van der Waals surface area (Å²) in [5.74, 6) is 0.319. The first-order valence-corrected chi connectivity index (χ1v) is 5.73. The lowest BCUT2D eigenvalue weighted by Crippen LogP contribution is -2.41. The molecule has 0 aliphatic heterocycles. The van der Waals surface area contributed by atoms with Gasteiger partial charge in [0.15, 0.2) is 0 Å². The van der Waals surface area contributed by atoms with Crippen molar-refractivity contribution in [2.45, 2.75) is 31.3 Å². The molecule has 2 rings (SSSR count). The lowest BCUT2D eigenvalue weighted by molar-refractivity contribution is 0.181. The van der Waals surface area contributed by atoms with Gasteiger partial charge in [-0.2, -0.15) is 0 Å². The van der Waals surface area contributed by atoms with E-state index in [1.54, 1.807) is 7.11 Å². The van der Waals surface area contributed by atoms with Gasteiger partial charge in [-0.05, 0) is 24.5 Å². The summed E-state index contributed by atoms with van der Waals surface area (Å²) < 4.78 is 5.02. The summed E-state index contributed by atoms with van der Waals surface area (Å²) in [5.41, 5.74) is 7.95. The lowest BCUT2D eigenvalue weighted by Gasteiger charge is -2.41. The fourth-order valence-corrected chi connectivity index (χ4v) is 2.39. The van der Waals surface area contributed by atoms with E-state index in [0.29, 0.717) is 18.9 Å². The van der Waals surface area contributed by atoms with Gasteiger partial charge in [-0.15, -0.1) is 0 Å². The maximum absolute atomic E-state index is 9.88. The first-order chi connectivity index (χ1) is 7.72. The third-order valence-electron chi connectivity index (χ3n) is 3.70. The maximum Gasteiger partial charge on any atom is 0.121 e. The van der Waals surface area contributed by atoms with Crippen LogP contribution in [0.3, 0.4) is 0 Å². The normalized spacial score (nSPS) is 18.1. The number of nitrogens with two attached hydrogens (primary N) is 1. The summed E-state index contributed by atoms with van der Waals surface area (Å²) in [6.07, 6.45) is 3.50. The monoisotopic (exact) mass is 221 g/mol. The minimum absolute atomic E-state index is 0.114. The zero-order chi connectivity index (χ0) is 11.6. The number of hydrogen-bond acceptors (Lipinski definition) is 3. The van der Waals surface area contributed by atoms with Crippen molar-refractivity contribution in [1.29, 1.82) is 0 Å². The molecule has 0 spiro atoms. The molecule has 0 amide bonds. The molecule has 0 unspecified atom stereocenters. The van der Waals surface area contributed by atoms with Crippen molar-refractivity contribution in [3.8, 4) is 5.75 Å². The Morgan fingerprint density at radius 1 is 1.44 bits per heavy atom. The molecule has 0 heterocycles. The summed E-state index contributed by atoms with van der Waals surface area (Å²) >= 11 is 0. The number of aromatic hydroxyl groups is 1. The van der Waals surface area contributed by atoms with Crippen molar-refractivity contribution < 1.29 is 9.84 Å². The van der Waals surface area contributed by atoms with Crippen molar-refractivity contribution in [2.24, 2.45) is 5.73 Å². The predicted molar refractivity (Wildman–Crippen MR) is 63.4 cm³/mol. The summed E-state index contributed by atoms with van der Waals surface area (Å²) in [6.45, 7) is 1.11. The molecular formula is C13H19NO2. The molecule has 1 aliphatic carbocycles. The molecular weight excluding hydrogens is 202 g/mol.